The Morgan fingerprint density at radius 1 is 1.42 bits per heavy atom. The summed E-state index contributed by atoms with van der Waals surface area (Å²) in [6.45, 7) is 2.83. The zero-order valence-electron chi connectivity index (χ0n) is 14.6. The van der Waals surface area contributed by atoms with Crippen molar-refractivity contribution in [2.45, 2.75) is 32.4 Å². The van der Waals surface area contributed by atoms with E-state index in [4.69, 9.17) is 9.47 Å². The summed E-state index contributed by atoms with van der Waals surface area (Å²) < 4.78 is 13.1. The smallest absolute Gasteiger partial charge is 0.347 e. The molecule has 26 heavy (non-hydrogen) atoms. The number of rotatable bonds is 5. The number of hydrogen-bond acceptors (Lipinski definition) is 5. The van der Waals surface area contributed by atoms with Crippen molar-refractivity contribution >= 4 is 17.2 Å². The van der Waals surface area contributed by atoms with Crippen molar-refractivity contribution in [1.29, 1.82) is 0 Å². The molecule has 1 N–H and O–H groups in total. The van der Waals surface area contributed by atoms with E-state index in [2.05, 4.69) is 22.4 Å². The normalized spacial score (nSPS) is 16.0. The maximum absolute atomic E-state index is 12.0. The predicted octanol–water partition coefficient (Wildman–Crippen LogP) is 3.20. The number of carbonyl (C=O) groups excluding carboxylic acids is 1. The highest BCUT2D eigenvalue weighted by atomic mass is 16.6. The molecule has 0 fully saturated rings. The van der Waals surface area contributed by atoms with Crippen LogP contribution >= 0.6 is 0 Å². The fourth-order valence-electron chi connectivity index (χ4n) is 3.22. The van der Waals surface area contributed by atoms with E-state index in [-0.39, 0.29) is 5.97 Å². The van der Waals surface area contributed by atoms with E-state index >= 15 is 0 Å². The molecular formula is C20H21N3O3. The SMILES string of the molecule is CCOC(=O)[C@H]1CCc2cccc(NCc3ccn4cncc4c3)c2O1. The van der Waals surface area contributed by atoms with Gasteiger partial charge in [0.25, 0.3) is 0 Å². The highest BCUT2D eigenvalue weighted by Crippen LogP contribution is 2.35. The fraction of sp³-hybridized carbons (Fsp3) is 0.300. The second kappa shape index (κ2) is 7.07. The molecule has 4 rings (SSSR count). The average molecular weight is 351 g/mol. The Hall–Kier alpha value is -3.02. The van der Waals surface area contributed by atoms with Gasteiger partial charge in [0.2, 0.25) is 0 Å². The Labute approximate surface area is 151 Å². The molecule has 0 bridgehead atoms. The van der Waals surface area contributed by atoms with Crippen LogP contribution in [-0.2, 0) is 22.5 Å². The van der Waals surface area contributed by atoms with Gasteiger partial charge in [-0.15, -0.1) is 0 Å². The minimum Gasteiger partial charge on any atom is -0.476 e. The molecule has 6 heteroatoms. The zero-order valence-corrected chi connectivity index (χ0v) is 14.6. The summed E-state index contributed by atoms with van der Waals surface area (Å²) in [6.07, 6.45) is 6.52. The molecule has 1 aliphatic rings. The summed E-state index contributed by atoms with van der Waals surface area (Å²) >= 11 is 0. The van der Waals surface area contributed by atoms with Gasteiger partial charge in [0.15, 0.2) is 6.10 Å². The van der Waals surface area contributed by atoms with Crippen molar-refractivity contribution in [3.63, 3.8) is 0 Å². The summed E-state index contributed by atoms with van der Waals surface area (Å²) in [7, 11) is 0. The summed E-state index contributed by atoms with van der Waals surface area (Å²) in [5.74, 6) is 0.460. The molecule has 0 unspecified atom stereocenters. The number of fused-ring (bicyclic) bond motifs is 2. The number of pyridine rings is 1. The first kappa shape index (κ1) is 16.4. The Kier molecular flexibility index (Phi) is 4.48. The lowest BCUT2D eigenvalue weighted by Crippen LogP contribution is -2.33. The number of aryl methyl sites for hydroxylation is 1. The minimum atomic E-state index is -0.534. The van der Waals surface area contributed by atoms with Gasteiger partial charge in [-0.2, -0.15) is 0 Å². The number of hydrogen-bond donors (Lipinski definition) is 1. The first-order valence-corrected chi connectivity index (χ1v) is 8.84. The van der Waals surface area contributed by atoms with Crippen LogP contribution < -0.4 is 10.1 Å². The number of anilines is 1. The first-order valence-electron chi connectivity index (χ1n) is 8.84. The van der Waals surface area contributed by atoms with Crippen LogP contribution in [0.3, 0.4) is 0 Å². The highest BCUT2D eigenvalue weighted by Gasteiger charge is 2.28. The van der Waals surface area contributed by atoms with Crippen molar-refractivity contribution in [3.05, 3.63) is 60.2 Å². The van der Waals surface area contributed by atoms with Crippen LogP contribution in [0.25, 0.3) is 5.52 Å². The third-order valence-corrected chi connectivity index (χ3v) is 4.54. The molecule has 0 aliphatic carbocycles. The molecule has 1 aromatic carbocycles. The highest BCUT2D eigenvalue weighted by molar-refractivity contribution is 5.76. The number of ether oxygens (including phenoxy) is 2. The largest absolute Gasteiger partial charge is 0.476 e. The molecule has 0 amide bonds. The minimum absolute atomic E-state index is 0.292. The Morgan fingerprint density at radius 3 is 3.23 bits per heavy atom. The van der Waals surface area contributed by atoms with E-state index in [0.717, 1.165) is 34.5 Å². The zero-order chi connectivity index (χ0) is 17.9. The van der Waals surface area contributed by atoms with Crippen LogP contribution in [0, 0.1) is 0 Å². The van der Waals surface area contributed by atoms with Gasteiger partial charge in [0, 0.05) is 12.7 Å². The van der Waals surface area contributed by atoms with Crippen LogP contribution in [0.1, 0.15) is 24.5 Å². The van der Waals surface area contributed by atoms with Crippen molar-refractivity contribution in [2.24, 2.45) is 0 Å². The van der Waals surface area contributed by atoms with Gasteiger partial charge in [-0.05, 0) is 49.1 Å². The third kappa shape index (κ3) is 3.22. The molecule has 1 aliphatic heterocycles. The maximum atomic E-state index is 12.0. The van der Waals surface area contributed by atoms with Crippen molar-refractivity contribution in [3.8, 4) is 5.75 Å². The van der Waals surface area contributed by atoms with Crippen molar-refractivity contribution in [2.75, 3.05) is 11.9 Å². The number of aromatic nitrogens is 2. The number of benzene rings is 1. The van der Waals surface area contributed by atoms with E-state index in [9.17, 15) is 4.79 Å². The van der Waals surface area contributed by atoms with E-state index in [1.807, 2.05) is 35.0 Å². The van der Waals surface area contributed by atoms with Crippen LogP contribution in [0.4, 0.5) is 5.69 Å². The predicted molar refractivity (Wildman–Crippen MR) is 98.3 cm³/mol. The average Bonchev–Trinajstić information content (AvgIpc) is 3.14. The molecule has 1 atom stereocenters. The van der Waals surface area contributed by atoms with Crippen LogP contribution in [0.15, 0.2) is 49.1 Å². The molecule has 6 nitrogen and oxygen atoms in total. The lowest BCUT2D eigenvalue weighted by atomic mass is 10.0. The van der Waals surface area contributed by atoms with Crippen molar-refractivity contribution < 1.29 is 14.3 Å². The summed E-state index contributed by atoms with van der Waals surface area (Å²) in [4.78, 5) is 16.2. The van der Waals surface area contributed by atoms with E-state index < -0.39 is 6.10 Å². The van der Waals surface area contributed by atoms with Gasteiger partial charge in [-0.25, -0.2) is 9.78 Å². The molecule has 3 aromatic rings. The van der Waals surface area contributed by atoms with Crippen LogP contribution in [0.5, 0.6) is 5.75 Å². The number of nitrogens with one attached hydrogen (secondary N) is 1. The molecule has 2 aromatic heterocycles. The number of para-hydroxylation sites is 1. The second-order valence-electron chi connectivity index (χ2n) is 6.31. The van der Waals surface area contributed by atoms with Gasteiger partial charge in [-0.1, -0.05) is 12.1 Å². The first-order chi connectivity index (χ1) is 12.7. The number of imidazole rings is 1. The van der Waals surface area contributed by atoms with E-state index in [1.54, 1.807) is 13.3 Å². The molecule has 134 valence electrons. The molecule has 3 heterocycles. The second-order valence-corrected chi connectivity index (χ2v) is 6.31. The number of nitrogens with zero attached hydrogens (tertiary/aromatic N) is 2. The maximum Gasteiger partial charge on any atom is 0.347 e. The topological polar surface area (TPSA) is 64.9 Å². The Morgan fingerprint density at radius 2 is 2.35 bits per heavy atom. The van der Waals surface area contributed by atoms with E-state index in [0.29, 0.717) is 19.6 Å². The quantitative estimate of drug-likeness (QED) is 0.715. The molecule has 0 saturated carbocycles. The lowest BCUT2D eigenvalue weighted by Gasteiger charge is -2.26. The van der Waals surface area contributed by atoms with E-state index in [1.165, 1.54) is 0 Å². The van der Waals surface area contributed by atoms with Crippen LogP contribution in [-0.4, -0.2) is 28.1 Å². The van der Waals surface area contributed by atoms with Gasteiger partial charge >= 0.3 is 5.97 Å². The van der Waals surface area contributed by atoms with Gasteiger partial charge < -0.3 is 19.2 Å². The number of esters is 1. The monoisotopic (exact) mass is 351 g/mol. The Bertz CT molecular complexity index is 935. The molecular weight excluding hydrogens is 330 g/mol. The fourth-order valence-corrected chi connectivity index (χ4v) is 3.22. The van der Waals surface area contributed by atoms with Gasteiger partial charge in [0.05, 0.1) is 30.3 Å². The van der Waals surface area contributed by atoms with Crippen LogP contribution in [0.2, 0.25) is 0 Å². The lowest BCUT2D eigenvalue weighted by molar-refractivity contribution is -0.152. The molecule has 0 saturated heterocycles. The van der Waals surface area contributed by atoms with Gasteiger partial charge in [0.1, 0.15) is 5.75 Å². The molecule has 0 radical (unpaired) electrons. The molecule has 0 spiro atoms. The standard InChI is InChI=1S/C20H21N3O3/c1-2-25-20(24)18-7-6-15-4-3-5-17(19(15)26-18)22-11-14-8-9-23-13-21-12-16(23)10-14/h3-5,8-10,12-13,18,22H,2,6-7,11H2,1H3/t18-/m1/s1. The summed E-state index contributed by atoms with van der Waals surface area (Å²) in [6, 6.07) is 10.2. The van der Waals surface area contributed by atoms with Gasteiger partial charge in [-0.3, -0.25) is 0 Å². The van der Waals surface area contributed by atoms with Crippen molar-refractivity contribution in [1.82, 2.24) is 9.38 Å². The summed E-state index contributed by atoms with van der Waals surface area (Å²) in [5.41, 5.74) is 4.21. The summed E-state index contributed by atoms with van der Waals surface area (Å²) in [5, 5.41) is 3.43. The Balaban J connectivity index is 1.51. The third-order valence-electron chi connectivity index (χ3n) is 4.54. The number of carbonyl (C=O) groups is 1.